The van der Waals surface area contributed by atoms with Gasteiger partial charge >= 0.3 is 10.3 Å². The molecule has 0 spiro atoms. The van der Waals surface area contributed by atoms with Crippen LogP contribution in [0.3, 0.4) is 0 Å². The molecule has 1 fully saturated rings. The predicted molar refractivity (Wildman–Crippen MR) is 83.9 cm³/mol. The third-order valence-corrected chi connectivity index (χ3v) is 4.96. The zero-order valence-corrected chi connectivity index (χ0v) is 14.2. The molecule has 1 aromatic carbocycles. The van der Waals surface area contributed by atoms with Gasteiger partial charge in [0.05, 0.1) is 12.6 Å². The van der Waals surface area contributed by atoms with Gasteiger partial charge in [0.1, 0.15) is 5.92 Å². The quantitative estimate of drug-likeness (QED) is 0.164. The van der Waals surface area contributed by atoms with Crippen molar-refractivity contribution in [1.82, 2.24) is 9.79 Å². The molecule has 1 aromatic rings. The van der Waals surface area contributed by atoms with Gasteiger partial charge in [0.2, 0.25) is 0 Å². The van der Waals surface area contributed by atoms with Gasteiger partial charge in [-0.05, 0) is 5.56 Å². The molecular weight excluding hydrogens is 427 g/mol. The molecule has 0 radical (unpaired) electrons. The first-order valence-electron chi connectivity index (χ1n) is 6.18. The van der Waals surface area contributed by atoms with Crippen LogP contribution >= 0.6 is 22.6 Å². The van der Waals surface area contributed by atoms with Crippen LogP contribution < -0.4 is 5.48 Å². The van der Waals surface area contributed by atoms with Gasteiger partial charge in [-0.2, -0.15) is 8.42 Å². The van der Waals surface area contributed by atoms with Crippen molar-refractivity contribution in [2.45, 2.75) is 12.6 Å². The van der Waals surface area contributed by atoms with Crippen LogP contribution in [0.15, 0.2) is 30.3 Å². The van der Waals surface area contributed by atoms with Gasteiger partial charge in [-0.25, -0.2) is 9.79 Å². The van der Waals surface area contributed by atoms with Crippen LogP contribution in [0.5, 0.6) is 0 Å². The molecule has 2 amide bonds. The normalized spacial score (nSPS) is 21.4. The van der Waals surface area contributed by atoms with Gasteiger partial charge in [-0.15, -0.1) is 0 Å². The van der Waals surface area contributed by atoms with Crippen LogP contribution in [0.1, 0.15) is 5.56 Å². The summed E-state index contributed by atoms with van der Waals surface area (Å²) in [4.78, 5) is 28.6. The molecule has 2 N–H and O–H groups in total. The molecule has 8 nitrogen and oxygen atoms in total. The molecule has 0 saturated carbocycles. The Balaban J connectivity index is 1.92. The maximum absolute atomic E-state index is 11.9. The molecule has 1 aliphatic rings. The van der Waals surface area contributed by atoms with Gasteiger partial charge in [0, 0.05) is 4.43 Å². The van der Waals surface area contributed by atoms with Gasteiger partial charge in [0.25, 0.3) is 11.8 Å². The molecule has 1 aliphatic heterocycles. The summed E-state index contributed by atoms with van der Waals surface area (Å²) in [5.41, 5.74) is 2.96. The van der Waals surface area contributed by atoms with E-state index in [0.29, 0.717) is 4.31 Å². The smallest absolute Gasteiger partial charge is 0.273 e. The monoisotopic (exact) mass is 440 g/mol. The van der Waals surface area contributed by atoms with Crippen LogP contribution in [0.25, 0.3) is 0 Å². The summed E-state index contributed by atoms with van der Waals surface area (Å²) in [5, 5.41) is 0. The van der Waals surface area contributed by atoms with Gasteiger partial charge in [0.15, 0.2) is 0 Å². The fraction of sp³-hybridized carbons (Fsp3) is 0.333. The van der Waals surface area contributed by atoms with Crippen molar-refractivity contribution in [3.63, 3.8) is 0 Å². The van der Waals surface area contributed by atoms with E-state index in [0.717, 1.165) is 5.56 Å². The van der Waals surface area contributed by atoms with E-state index in [1.807, 2.05) is 40.8 Å². The third-order valence-electron chi connectivity index (χ3n) is 3.11. The molecule has 1 heterocycles. The Labute approximate surface area is 140 Å². The summed E-state index contributed by atoms with van der Waals surface area (Å²) in [7, 11) is -4.65. The molecule has 1 saturated heterocycles. The lowest BCUT2D eigenvalue weighted by Crippen LogP contribution is -2.67. The highest BCUT2D eigenvalue weighted by molar-refractivity contribution is 14.1. The fourth-order valence-corrected chi connectivity index (χ4v) is 4.12. The SMILES string of the molecule is O=C(NOCc1ccccc1)C1C(=O)N(S(=O)(=O)O)C1CI. The Kier molecular flexibility index (Phi) is 5.36. The first-order chi connectivity index (χ1) is 10.4. The van der Waals surface area contributed by atoms with E-state index in [4.69, 9.17) is 9.39 Å². The lowest BCUT2D eigenvalue weighted by atomic mass is 9.91. The standard InChI is InChI=1S/C12H13IN2O6S/c13-6-9-10(12(17)15(9)22(18,19)20)11(16)14-21-7-8-4-2-1-3-5-8/h1-5,9-10H,6-7H2,(H,14,16)(H,18,19,20). The highest BCUT2D eigenvalue weighted by Crippen LogP contribution is 2.31. The molecule has 2 atom stereocenters. The van der Waals surface area contributed by atoms with E-state index < -0.39 is 34.1 Å². The minimum atomic E-state index is -4.65. The van der Waals surface area contributed by atoms with E-state index in [9.17, 15) is 18.0 Å². The van der Waals surface area contributed by atoms with Gasteiger partial charge in [-0.3, -0.25) is 19.0 Å². The maximum Gasteiger partial charge on any atom is 0.362 e. The lowest BCUT2D eigenvalue weighted by molar-refractivity contribution is -0.159. The Morgan fingerprint density at radius 1 is 1.36 bits per heavy atom. The number of nitrogens with zero attached hydrogens (tertiary/aromatic N) is 1. The number of nitrogens with one attached hydrogen (secondary N) is 1. The highest BCUT2D eigenvalue weighted by atomic mass is 127. The average Bonchev–Trinajstić information content (AvgIpc) is 2.44. The second-order valence-corrected chi connectivity index (χ2v) is 6.72. The summed E-state index contributed by atoms with van der Waals surface area (Å²) in [5.74, 6) is -2.89. The Morgan fingerprint density at radius 2 is 2.00 bits per heavy atom. The number of benzene rings is 1. The molecule has 120 valence electrons. The number of β-lactam (4-membered cyclic amide) rings is 1. The Morgan fingerprint density at radius 3 is 2.55 bits per heavy atom. The van der Waals surface area contributed by atoms with Gasteiger partial charge < -0.3 is 0 Å². The Hall–Kier alpha value is -1.24. The van der Waals surface area contributed by atoms with E-state index >= 15 is 0 Å². The minimum absolute atomic E-state index is 0.115. The van der Waals surface area contributed by atoms with Crippen molar-refractivity contribution in [1.29, 1.82) is 0 Å². The first kappa shape index (κ1) is 17.1. The fourth-order valence-electron chi connectivity index (χ4n) is 2.07. The molecule has 2 unspecified atom stereocenters. The maximum atomic E-state index is 11.9. The number of hydrogen-bond acceptors (Lipinski definition) is 5. The second-order valence-electron chi connectivity index (χ2n) is 4.55. The summed E-state index contributed by atoms with van der Waals surface area (Å²) >= 11 is 1.84. The van der Waals surface area contributed by atoms with Crippen LogP contribution in [0.4, 0.5) is 0 Å². The zero-order valence-electron chi connectivity index (χ0n) is 11.2. The molecule has 0 aromatic heterocycles. The van der Waals surface area contributed by atoms with Crippen molar-refractivity contribution < 1.29 is 27.4 Å². The van der Waals surface area contributed by atoms with Crippen molar-refractivity contribution >= 4 is 44.7 Å². The topological polar surface area (TPSA) is 113 Å². The summed E-state index contributed by atoms with van der Waals surface area (Å²) in [6.07, 6.45) is 0. The van der Waals surface area contributed by atoms with Crippen molar-refractivity contribution in [3.05, 3.63) is 35.9 Å². The largest absolute Gasteiger partial charge is 0.362 e. The minimum Gasteiger partial charge on any atom is -0.273 e. The van der Waals surface area contributed by atoms with E-state index in [2.05, 4.69) is 5.48 Å². The van der Waals surface area contributed by atoms with Crippen LogP contribution in [-0.4, -0.2) is 39.6 Å². The number of carbonyl (C=O) groups is 2. The number of rotatable bonds is 6. The second kappa shape index (κ2) is 6.89. The average molecular weight is 440 g/mol. The predicted octanol–water partition coefficient (Wildman–Crippen LogP) is 0.299. The number of hydrogen-bond donors (Lipinski definition) is 2. The zero-order chi connectivity index (χ0) is 16.3. The number of hydroxylamine groups is 1. The van der Waals surface area contributed by atoms with E-state index in [1.54, 1.807) is 12.1 Å². The molecule has 22 heavy (non-hydrogen) atoms. The number of halogens is 1. The number of amides is 2. The molecule has 10 heteroatoms. The molecule has 0 bridgehead atoms. The van der Waals surface area contributed by atoms with Crippen molar-refractivity contribution in [2.24, 2.45) is 5.92 Å². The van der Waals surface area contributed by atoms with E-state index in [1.165, 1.54) is 0 Å². The van der Waals surface area contributed by atoms with Crippen molar-refractivity contribution in [2.75, 3.05) is 4.43 Å². The highest BCUT2D eigenvalue weighted by Gasteiger charge is 2.56. The lowest BCUT2D eigenvalue weighted by Gasteiger charge is -2.41. The molecular formula is C12H13IN2O6S. The number of carbonyl (C=O) groups excluding carboxylic acids is 2. The van der Waals surface area contributed by atoms with E-state index in [-0.39, 0.29) is 11.0 Å². The van der Waals surface area contributed by atoms with Gasteiger partial charge in [-0.1, -0.05) is 52.9 Å². The third kappa shape index (κ3) is 3.56. The molecule has 2 rings (SSSR count). The molecule has 0 aliphatic carbocycles. The van der Waals surface area contributed by atoms with Crippen LogP contribution in [-0.2, 0) is 31.3 Å². The number of alkyl halides is 1. The van der Waals surface area contributed by atoms with Crippen LogP contribution in [0, 0.1) is 5.92 Å². The summed E-state index contributed by atoms with van der Waals surface area (Å²) in [6, 6.07) is 8.15. The summed E-state index contributed by atoms with van der Waals surface area (Å²) < 4.78 is 31.5. The first-order valence-corrected chi connectivity index (χ1v) is 9.10. The Bertz CT molecular complexity index is 665. The van der Waals surface area contributed by atoms with Crippen molar-refractivity contribution in [3.8, 4) is 0 Å². The van der Waals surface area contributed by atoms with Crippen LogP contribution in [0.2, 0.25) is 0 Å². The summed E-state index contributed by atoms with van der Waals surface area (Å²) in [6.45, 7) is 0.115.